The fraction of sp³-hybridized carbons (Fsp3) is 0.514. The minimum atomic E-state index is -4.65. The number of aromatic nitrogens is 2. The molecule has 3 aliphatic rings. The molecule has 1 aliphatic carbocycles. The molecule has 4 N–H and O–H groups in total. The number of carbonyl (C=O) groups is 1. The molecule has 1 aromatic heterocycles. The predicted octanol–water partition coefficient (Wildman–Crippen LogP) is 7.60. The number of halogens is 3. The zero-order valence-electron chi connectivity index (χ0n) is 27.4. The summed E-state index contributed by atoms with van der Waals surface area (Å²) in [7, 11) is 1.75. The van der Waals surface area contributed by atoms with E-state index >= 15 is 0 Å². The normalized spacial score (nSPS) is 19.5. The molecule has 46 heavy (non-hydrogen) atoms. The number of alkyl halides is 3. The largest absolute Gasteiger partial charge is 0.421 e. The molecule has 8 nitrogen and oxygen atoms in total. The number of carbonyl (C=O) groups excluding carboxylic acids is 1. The Hall–Kier alpha value is -3.86. The lowest BCUT2D eigenvalue weighted by molar-refractivity contribution is -0.137. The average Bonchev–Trinajstić information content (AvgIpc) is 3.84. The molecule has 3 aromatic rings. The van der Waals surface area contributed by atoms with E-state index in [0.29, 0.717) is 29.1 Å². The highest BCUT2D eigenvalue weighted by Crippen LogP contribution is 2.42. The third-order valence-corrected chi connectivity index (χ3v) is 9.36. The summed E-state index contributed by atoms with van der Waals surface area (Å²) in [5.74, 6) is 0.148. The second-order valence-corrected chi connectivity index (χ2v) is 12.8. The van der Waals surface area contributed by atoms with E-state index in [1.54, 1.807) is 27.0 Å². The third kappa shape index (κ3) is 6.94. The van der Waals surface area contributed by atoms with Crippen LogP contribution >= 0.6 is 0 Å². The number of hydrogen-bond donors (Lipinski definition) is 4. The highest BCUT2D eigenvalue weighted by Gasteiger charge is 2.38. The van der Waals surface area contributed by atoms with Crippen molar-refractivity contribution in [2.24, 2.45) is 0 Å². The van der Waals surface area contributed by atoms with Crippen LogP contribution in [0.5, 0.6) is 0 Å². The van der Waals surface area contributed by atoms with Crippen molar-refractivity contribution in [3.63, 3.8) is 0 Å². The summed E-state index contributed by atoms with van der Waals surface area (Å²) < 4.78 is 42.3. The summed E-state index contributed by atoms with van der Waals surface area (Å²) in [4.78, 5) is 22.9. The molecule has 0 spiro atoms. The molecule has 2 aliphatic heterocycles. The van der Waals surface area contributed by atoms with Crippen LogP contribution in [0.15, 0.2) is 42.6 Å². The second kappa shape index (κ2) is 13.9. The number of fused-ring (bicyclic) bond motifs is 2. The molecule has 2 atom stereocenters. The number of benzene rings is 2. The van der Waals surface area contributed by atoms with Crippen molar-refractivity contribution in [1.82, 2.24) is 15.3 Å². The first kappa shape index (κ1) is 33.5. The van der Waals surface area contributed by atoms with Crippen molar-refractivity contribution in [3.05, 3.63) is 64.8 Å². The van der Waals surface area contributed by atoms with Gasteiger partial charge >= 0.3 is 6.18 Å². The minimum absolute atomic E-state index is 0.0382. The topological polar surface area (TPSA) is 94.2 Å². The van der Waals surface area contributed by atoms with Crippen molar-refractivity contribution in [2.45, 2.75) is 95.9 Å². The highest BCUT2D eigenvalue weighted by molar-refractivity contribution is 5.74. The number of anilines is 5. The fourth-order valence-corrected chi connectivity index (χ4v) is 7.15. The molecule has 1 saturated carbocycles. The first-order chi connectivity index (χ1) is 22.1. The predicted molar refractivity (Wildman–Crippen MR) is 179 cm³/mol. The van der Waals surface area contributed by atoms with Crippen LogP contribution in [0.4, 0.5) is 42.0 Å². The molecule has 3 heterocycles. The molecular weight excluding hydrogens is 591 g/mol. The zero-order chi connectivity index (χ0) is 33.1. The van der Waals surface area contributed by atoms with Gasteiger partial charge in [-0.1, -0.05) is 38.8 Å². The molecule has 0 amide bonds. The summed E-state index contributed by atoms with van der Waals surface area (Å²) in [6, 6.07) is 12.9. The molecule has 3 fully saturated rings. The number of hydrogen-bond acceptors (Lipinski definition) is 8. The van der Waals surface area contributed by atoms with Gasteiger partial charge in [-0.3, -0.25) is 0 Å². The van der Waals surface area contributed by atoms with Gasteiger partial charge in [-0.05, 0) is 80.0 Å². The van der Waals surface area contributed by atoms with Crippen LogP contribution in [0.25, 0.3) is 0 Å². The lowest BCUT2D eigenvalue weighted by Gasteiger charge is -2.31. The molecule has 2 unspecified atom stereocenters. The van der Waals surface area contributed by atoms with Gasteiger partial charge < -0.3 is 31.0 Å². The molecule has 11 heteroatoms. The van der Waals surface area contributed by atoms with Gasteiger partial charge in [0.2, 0.25) is 5.95 Å². The standard InChI is InChI=1S/C33H40F3N7O.C2H6/c1-32(2,19-44)29-21(9-6-10-28(29)37-3)15-39-30-26(33(34,35)36)17-40-31(42-30)41-27-12-11-23(14-25(27)20-7-4-5-8-20)43-18-22-13-24(43)16-38-22;1-2/h6,9-12,14,17,19-20,22,24,37-38H,4-5,7-8,13,15-16,18H2,1-3H3,(H2,39,40,41,42);1-2H3. The van der Waals surface area contributed by atoms with E-state index in [4.69, 9.17) is 0 Å². The Labute approximate surface area is 270 Å². The fourth-order valence-electron chi connectivity index (χ4n) is 7.15. The van der Waals surface area contributed by atoms with Gasteiger partial charge in [0.25, 0.3) is 0 Å². The Morgan fingerprint density at radius 2 is 1.85 bits per heavy atom. The summed E-state index contributed by atoms with van der Waals surface area (Å²) in [5, 5.41) is 12.8. The van der Waals surface area contributed by atoms with Crippen LogP contribution in [0.1, 0.15) is 88.0 Å². The number of aldehydes is 1. The zero-order valence-corrected chi connectivity index (χ0v) is 27.4. The maximum Gasteiger partial charge on any atom is 0.421 e. The maximum atomic E-state index is 14.1. The number of rotatable bonds is 10. The quantitative estimate of drug-likeness (QED) is 0.169. The van der Waals surface area contributed by atoms with E-state index in [1.807, 2.05) is 32.0 Å². The Morgan fingerprint density at radius 1 is 1.09 bits per heavy atom. The van der Waals surface area contributed by atoms with Crippen LogP contribution in [-0.4, -0.2) is 48.5 Å². The smallest absolute Gasteiger partial charge is 0.388 e. The second-order valence-electron chi connectivity index (χ2n) is 12.8. The van der Waals surface area contributed by atoms with E-state index in [0.717, 1.165) is 69.1 Å². The van der Waals surface area contributed by atoms with E-state index in [-0.39, 0.29) is 18.3 Å². The Morgan fingerprint density at radius 3 is 2.48 bits per heavy atom. The Bertz CT molecular complexity index is 1520. The summed E-state index contributed by atoms with van der Waals surface area (Å²) >= 11 is 0. The summed E-state index contributed by atoms with van der Waals surface area (Å²) in [6.07, 6.45) is 2.66. The first-order valence-corrected chi connectivity index (χ1v) is 16.4. The van der Waals surface area contributed by atoms with Gasteiger partial charge in [0.15, 0.2) is 0 Å². The molecule has 2 bridgehead atoms. The van der Waals surface area contributed by atoms with Gasteiger partial charge in [0.05, 0.1) is 0 Å². The van der Waals surface area contributed by atoms with Crippen LogP contribution in [0, 0.1) is 0 Å². The Balaban J connectivity index is 0.00000204. The van der Waals surface area contributed by atoms with Crippen LogP contribution < -0.4 is 26.2 Å². The van der Waals surface area contributed by atoms with Gasteiger partial charge in [0, 0.05) is 67.4 Å². The third-order valence-electron chi connectivity index (χ3n) is 9.36. The van der Waals surface area contributed by atoms with Crippen molar-refractivity contribution in [2.75, 3.05) is 41.0 Å². The van der Waals surface area contributed by atoms with Crippen molar-refractivity contribution >= 4 is 35.1 Å². The minimum Gasteiger partial charge on any atom is -0.388 e. The number of nitrogens with zero attached hydrogens (tertiary/aromatic N) is 3. The summed E-state index contributed by atoms with van der Waals surface area (Å²) in [6.45, 7) is 9.59. The lowest BCUT2D eigenvalue weighted by atomic mass is 9.81. The lowest BCUT2D eigenvalue weighted by Crippen LogP contribution is -2.43. The monoisotopic (exact) mass is 637 g/mol. The molecular formula is C35H46F3N7O. The van der Waals surface area contributed by atoms with Crippen molar-refractivity contribution in [3.8, 4) is 0 Å². The van der Waals surface area contributed by atoms with Crippen LogP contribution in [0.2, 0.25) is 0 Å². The summed E-state index contributed by atoms with van der Waals surface area (Å²) in [5.41, 5.74) is 3.53. The van der Waals surface area contributed by atoms with E-state index < -0.39 is 17.2 Å². The number of nitrogens with one attached hydrogen (secondary N) is 4. The van der Waals surface area contributed by atoms with Gasteiger partial charge in [-0.2, -0.15) is 18.2 Å². The van der Waals surface area contributed by atoms with Crippen molar-refractivity contribution in [1.29, 1.82) is 0 Å². The highest BCUT2D eigenvalue weighted by atomic mass is 19.4. The van der Waals surface area contributed by atoms with Crippen LogP contribution in [0.3, 0.4) is 0 Å². The van der Waals surface area contributed by atoms with E-state index in [1.165, 1.54) is 11.3 Å². The molecule has 2 aromatic carbocycles. The first-order valence-electron chi connectivity index (χ1n) is 16.4. The average molecular weight is 638 g/mol. The van der Waals surface area contributed by atoms with Gasteiger partial charge in [-0.15, -0.1) is 0 Å². The Kier molecular flexibility index (Phi) is 10.1. The van der Waals surface area contributed by atoms with Gasteiger partial charge in [-0.25, -0.2) is 4.98 Å². The van der Waals surface area contributed by atoms with E-state index in [9.17, 15) is 18.0 Å². The molecule has 0 radical (unpaired) electrons. The molecule has 6 rings (SSSR count). The van der Waals surface area contributed by atoms with Gasteiger partial charge in [0.1, 0.15) is 17.7 Å². The molecule has 248 valence electrons. The van der Waals surface area contributed by atoms with Crippen LogP contribution in [-0.2, 0) is 22.9 Å². The van der Waals surface area contributed by atoms with E-state index in [2.05, 4.69) is 48.3 Å². The maximum absolute atomic E-state index is 14.1. The number of piperazine rings is 1. The SMILES string of the molecule is CC.CNc1cccc(CNc2nc(Nc3ccc(N4CC5CC4CN5)cc3C3CCCC3)ncc2C(F)(F)F)c1C(C)(C)C=O. The molecule has 2 saturated heterocycles. The van der Waals surface area contributed by atoms with Crippen molar-refractivity contribution < 1.29 is 18.0 Å².